The first-order chi connectivity index (χ1) is 13.1. The summed E-state index contributed by atoms with van der Waals surface area (Å²) in [6, 6.07) is -0.752. The lowest BCUT2D eigenvalue weighted by atomic mass is 10.0. The van der Waals surface area contributed by atoms with E-state index in [9.17, 15) is 19.2 Å². The molecule has 2 aliphatic rings. The van der Waals surface area contributed by atoms with Gasteiger partial charge in [0.25, 0.3) is 0 Å². The number of amides is 2. The number of ether oxygens (including phenoxy) is 1. The van der Waals surface area contributed by atoms with Crippen LogP contribution >= 0.6 is 23.5 Å². The summed E-state index contributed by atoms with van der Waals surface area (Å²) in [6.45, 7) is 7.29. The van der Waals surface area contributed by atoms with Crippen molar-refractivity contribution in [2.45, 2.75) is 69.9 Å². The number of thioether (sulfide) groups is 2. The highest BCUT2D eigenvalue weighted by molar-refractivity contribution is 8.14. The van der Waals surface area contributed by atoms with Crippen molar-refractivity contribution in [1.82, 2.24) is 10.2 Å². The standard InChI is InChI=1S/C18H28N2O6S2/c1-5-9(2)14(28-11(4)21)15(22)19-12-7-6-10(3)17-20(16(12)23)13(8-27-17)26-18(24)25/h9-10,12-14,17H,5-8H2,1-4H3,(H,19,22)(H,24,25)/t9-,10+,12-,13+,14-,17+/m0/s1. The van der Waals surface area contributed by atoms with Crippen molar-refractivity contribution in [3.63, 3.8) is 0 Å². The zero-order chi connectivity index (χ0) is 21.0. The maximum atomic E-state index is 13.1. The normalized spacial score (nSPS) is 29.4. The van der Waals surface area contributed by atoms with E-state index < -0.39 is 23.7 Å². The van der Waals surface area contributed by atoms with Crippen LogP contribution in [0.1, 0.15) is 47.0 Å². The van der Waals surface area contributed by atoms with Gasteiger partial charge in [-0.1, -0.05) is 39.0 Å². The number of rotatable bonds is 6. The van der Waals surface area contributed by atoms with Gasteiger partial charge in [-0.15, -0.1) is 11.8 Å². The molecule has 0 aromatic rings. The fraction of sp³-hybridized carbons (Fsp3) is 0.778. The second-order valence-corrected chi connectivity index (χ2v) is 9.81. The minimum absolute atomic E-state index is 0.0214. The second-order valence-electron chi connectivity index (χ2n) is 7.34. The van der Waals surface area contributed by atoms with Crippen molar-refractivity contribution in [3.05, 3.63) is 0 Å². The molecule has 2 heterocycles. The van der Waals surface area contributed by atoms with E-state index in [2.05, 4.69) is 5.32 Å². The van der Waals surface area contributed by atoms with Gasteiger partial charge in [-0.2, -0.15) is 0 Å². The number of nitrogens with zero attached hydrogens (tertiary/aromatic N) is 1. The maximum Gasteiger partial charge on any atom is 0.507 e. The molecule has 2 aliphatic heterocycles. The van der Waals surface area contributed by atoms with Crippen LogP contribution in [0.5, 0.6) is 0 Å². The van der Waals surface area contributed by atoms with Crippen molar-refractivity contribution >= 4 is 46.6 Å². The van der Waals surface area contributed by atoms with Crippen LogP contribution in [0.25, 0.3) is 0 Å². The summed E-state index contributed by atoms with van der Waals surface area (Å²) in [5.41, 5.74) is 0. The third-order valence-electron chi connectivity index (χ3n) is 5.21. The number of hydrogen-bond donors (Lipinski definition) is 2. The van der Waals surface area contributed by atoms with Crippen LogP contribution in [0.15, 0.2) is 0 Å². The molecule has 0 aliphatic carbocycles. The summed E-state index contributed by atoms with van der Waals surface area (Å²) < 4.78 is 4.90. The Morgan fingerprint density at radius 1 is 1.39 bits per heavy atom. The van der Waals surface area contributed by atoms with Gasteiger partial charge >= 0.3 is 6.16 Å². The Bertz CT molecular complexity index is 631. The Morgan fingerprint density at radius 2 is 2.07 bits per heavy atom. The summed E-state index contributed by atoms with van der Waals surface area (Å²) in [6.07, 6.45) is -0.355. The lowest BCUT2D eigenvalue weighted by Crippen LogP contribution is -2.54. The first-order valence-electron chi connectivity index (χ1n) is 9.46. The molecule has 2 N–H and O–H groups in total. The van der Waals surface area contributed by atoms with Crippen molar-refractivity contribution < 1.29 is 29.0 Å². The van der Waals surface area contributed by atoms with E-state index in [1.807, 2.05) is 20.8 Å². The van der Waals surface area contributed by atoms with E-state index in [1.165, 1.54) is 23.6 Å². The van der Waals surface area contributed by atoms with E-state index >= 15 is 0 Å². The van der Waals surface area contributed by atoms with Gasteiger partial charge in [-0.05, 0) is 24.7 Å². The fourth-order valence-electron chi connectivity index (χ4n) is 3.50. The predicted octanol–water partition coefficient (Wildman–Crippen LogP) is 2.52. The molecule has 2 saturated heterocycles. The SMILES string of the molecule is CC[C@H](C)[C@H](SC(C)=O)C(=O)N[C@H]1CC[C@@H](C)[C@H]2SC[C@@H](OC(=O)O)N2C1=O. The number of nitrogens with one attached hydrogen (secondary N) is 1. The largest absolute Gasteiger partial charge is 0.507 e. The summed E-state index contributed by atoms with van der Waals surface area (Å²) in [5, 5.41) is 10.9. The van der Waals surface area contributed by atoms with E-state index in [0.29, 0.717) is 12.2 Å². The van der Waals surface area contributed by atoms with Crippen LogP contribution in [-0.4, -0.2) is 61.7 Å². The molecule has 0 radical (unpaired) electrons. The van der Waals surface area contributed by atoms with Gasteiger partial charge in [0.2, 0.25) is 11.8 Å². The van der Waals surface area contributed by atoms with Crippen LogP contribution in [-0.2, 0) is 19.1 Å². The molecule has 0 bridgehead atoms. The highest BCUT2D eigenvalue weighted by Crippen LogP contribution is 2.39. The Kier molecular flexibility index (Phi) is 8.06. The van der Waals surface area contributed by atoms with Gasteiger partial charge in [0, 0.05) is 6.92 Å². The molecule has 28 heavy (non-hydrogen) atoms. The summed E-state index contributed by atoms with van der Waals surface area (Å²) in [4.78, 5) is 50.0. The third kappa shape index (κ3) is 5.34. The van der Waals surface area contributed by atoms with Gasteiger partial charge in [-0.3, -0.25) is 19.3 Å². The first kappa shape index (κ1) is 22.9. The van der Waals surface area contributed by atoms with Crippen molar-refractivity contribution in [2.24, 2.45) is 11.8 Å². The highest BCUT2D eigenvalue weighted by atomic mass is 32.2. The fourth-order valence-corrected chi connectivity index (χ4v) is 5.92. The molecule has 2 amide bonds. The Labute approximate surface area is 173 Å². The van der Waals surface area contributed by atoms with Crippen LogP contribution in [0.2, 0.25) is 0 Å². The van der Waals surface area contributed by atoms with Gasteiger partial charge in [0.1, 0.15) is 6.04 Å². The number of hydrogen-bond acceptors (Lipinski definition) is 7. The number of carboxylic acid groups (broad SMARTS) is 1. The van der Waals surface area contributed by atoms with Crippen molar-refractivity contribution in [3.8, 4) is 0 Å². The molecule has 8 nitrogen and oxygen atoms in total. The third-order valence-corrected chi connectivity index (χ3v) is 7.98. The first-order valence-corrected chi connectivity index (χ1v) is 11.4. The minimum Gasteiger partial charge on any atom is -0.450 e. The van der Waals surface area contributed by atoms with E-state index in [-0.39, 0.29) is 34.1 Å². The average Bonchev–Trinajstić information content (AvgIpc) is 2.99. The Balaban J connectivity index is 2.17. The summed E-state index contributed by atoms with van der Waals surface area (Å²) in [7, 11) is 0. The smallest absolute Gasteiger partial charge is 0.450 e. The Hall–Kier alpha value is -1.42. The molecule has 10 heteroatoms. The topological polar surface area (TPSA) is 113 Å². The van der Waals surface area contributed by atoms with Crippen LogP contribution in [0.3, 0.4) is 0 Å². The van der Waals surface area contributed by atoms with Gasteiger partial charge in [-0.25, -0.2) is 4.79 Å². The molecule has 0 unspecified atom stereocenters. The van der Waals surface area contributed by atoms with Crippen LogP contribution in [0.4, 0.5) is 4.79 Å². The molecular weight excluding hydrogens is 404 g/mol. The molecule has 2 rings (SSSR count). The van der Waals surface area contributed by atoms with Gasteiger partial charge in [0.05, 0.1) is 16.4 Å². The number of fused-ring (bicyclic) bond motifs is 1. The quantitative estimate of drug-likeness (QED) is 0.616. The average molecular weight is 433 g/mol. The second kappa shape index (κ2) is 9.87. The van der Waals surface area contributed by atoms with Crippen LogP contribution < -0.4 is 5.32 Å². The summed E-state index contributed by atoms with van der Waals surface area (Å²) in [5.74, 6) is -0.151. The van der Waals surface area contributed by atoms with Crippen LogP contribution in [0, 0.1) is 11.8 Å². The van der Waals surface area contributed by atoms with E-state index in [0.717, 1.165) is 24.6 Å². The predicted molar refractivity (Wildman–Crippen MR) is 108 cm³/mol. The number of carbonyl (C=O) groups is 4. The molecule has 158 valence electrons. The lowest BCUT2D eigenvalue weighted by molar-refractivity contribution is -0.144. The van der Waals surface area contributed by atoms with E-state index in [1.54, 1.807) is 0 Å². The van der Waals surface area contributed by atoms with E-state index in [4.69, 9.17) is 9.84 Å². The molecule has 2 fully saturated rings. The minimum atomic E-state index is -1.42. The zero-order valence-electron chi connectivity index (χ0n) is 16.5. The zero-order valence-corrected chi connectivity index (χ0v) is 18.2. The maximum absolute atomic E-state index is 13.1. The van der Waals surface area contributed by atoms with Gasteiger partial charge in [0.15, 0.2) is 11.3 Å². The Morgan fingerprint density at radius 3 is 2.64 bits per heavy atom. The summed E-state index contributed by atoms with van der Waals surface area (Å²) >= 11 is 2.48. The van der Waals surface area contributed by atoms with Crippen molar-refractivity contribution in [1.29, 1.82) is 0 Å². The molecule has 0 aromatic heterocycles. The molecule has 0 aromatic carbocycles. The van der Waals surface area contributed by atoms with Gasteiger partial charge < -0.3 is 15.2 Å². The monoisotopic (exact) mass is 432 g/mol. The molecule has 0 saturated carbocycles. The van der Waals surface area contributed by atoms with Crippen molar-refractivity contribution in [2.75, 3.05) is 5.75 Å². The molecule has 6 atom stereocenters. The molecular formula is C18H28N2O6S2. The number of carbonyl (C=O) groups excluding carboxylic acids is 3. The lowest BCUT2D eigenvalue weighted by Gasteiger charge is -2.31. The highest BCUT2D eigenvalue weighted by Gasteiger charge is 2.47. The molecule has 0 spiro atoms.